The predicted octanol–water partition coefficient (Wildman–Crippen LogP) is 2.52. The normalized spacial score (nSPS) is 19.0. The van der Waals surface area contributed by atoms with Crippen molar-refractivity contribution >= 4 is 17.7 Å². The lowest BCUT2D eigenvalue weighted by Gasteiger charge is -2.24. The standard InChI is InChI=1S/C13H18ClN3O3/c1-13(2,3)20-12(18)17-7-5-9(8-17)19-10-4-6-15-11(14)16-10/h4,6,9H,5,7-8H2,1-3H3/t9-/m0/s1. The van der Waals surface area contributed by atoms with E-state index in [-0.39, 0.29) is 17.5 Å². The van der Waals surface area contributed by atoms with E-state index in [0.717, 1.165) is 6.42 Å². The summed E-state index contributed by atoms with van der Waals surface area (Å²) in [5, 5.41) is 0.143. The number of carbonyl (C=O) groups is 1. The fourth-order valence-electron chi connectivity index (χ4n) is 1.87. The van der Waals surface area contributed by atoms with Gasteiger partial charge in [0.25, 0.3) is 0 Å². The molecule has 0 unspecified atom stereocenters. The number of hydrogen-bond acceptors (Lipinski definition) is 5. The van der Waals surface area contributed by atoms with Gasteiger partial charge in [0, 0.05) is 25.2 Å². The molecule has 2 rings (SSSR count). The second-order valence-corrected chi connectivity index (χ2v) is 5.96. The summed E-state index contributed by atoms with van der Waals surface area (Å²) in [7, 11) is 0. The van der Waals surface area contributed by atoms with Crippen LogP contribution in [0.3, 0.4) is 0 Å². The Morgan fingerprint density at radius 1 is 1.50 bits per heavy atom. The van der Waals surface area contributed by atoms with Gasteiger partial charge in [0.1, 0.15) is 11.7 Å². The van der Waals surface area contributed by atoms with Gasteiger partial charge in [0.2, 0.25) is 11.2 Å². The topological polar surface area (TPSA) is 64.5 Å². The largest absolute Gasteiger partial charge is 0.472 e. The summed E-state index contributed by atoms with van der Waals surface area (Å²) in [6.07, 6.45) is 1.85. The van der Waals surface area contributed by atoms with E-state index in [0.29, 0.717) is 19.0 Å². The SMILES string of the molecule is CC(C)(C)OC(=O)N1CC[C@H](Oc2ccnc(Cl)n2)C1. The van der Waals surface area contributed by atoms with Crippen molar-refractivity contribution in [2.24, 2.45) is 0 Å². The third-order valence-electron chi connectivity index (χ3n) is 2.68. The summed E-state index contributed by atoms with van der Waals surface area (Å²) in [4.78, 5) is 21.3. The Hall–Kier alpha value is -1.56. The van der Waals surface area contributed by atoms with Crippen LogP contribution >= 0.6 is 11.6 Å². The first-order valence-corrected chi connectivity index (χ1v) is 6.84. The molecule has 0 N–H and O–H groups in total. The molecule has 0 aliphatic carbocycles. The Labute approximate surface area is 123 Å². The molecule has 0 aromatic carbocycles. The number of ether oxygens (including phenoxy) is 2. The molecule has 0 bridgehead atoms. The smallest absolute Gasteiger partial charge is 0.410 e. The zero-order valence-corrected chi connectivity index (χ0v) is 12.6. The van der Waals surface area contributed by atoms with E-state index in [4.69, 9.17) is 21.1 Å². The average Bonchev–Trinajstić information content (AvgIpc) is 2.75. The van der Waals surface area contributed by atoms with Crippen molar-refractivity contribution in [3.63, 3.8) is 0 Å². The molecule has 1 aromatic rings. The maximum absolute atomic E-state index is 11.9. The summed E-state index contributed by atoms with van der Waals surface area (Å²) in [5.74, 6) is 0.418. The molecule has 1 aliphatic heterocycles. The molecule has 20 heavy (non-hydrogen) atoms. The van der Waals surface area contributed by atoms with Crippen LogP contribution in [0.2, 0.25) is 5.28 Å². The fraction of sp³-hybridized carbons (Fsp3) is 0.615. The maximum atomic E-state index is 11.9. The minimum Gasteiger partial charge on any atom is -0.472 e. The zero-order valence-electron chi connectivity index (χ0n) is 11.8. The van der Waals surface area contributed by atoms with Crippen molar-refractivity contribution in [3.05, 3.63) is 17.5 Å². The van der Waals surface area contributed by atoms with Crippen LogP contribution in [-0.2, 0) is 4.74 Å². The molecule has 1 aromatic heterocycles. The Bertz CT molecular complexity index is 490. The minimum absolute atomic E-state index is 0.103. The average molecular weight is 300 g/mol. The third-order valence-corrected chi connectivity index (χ3v) is 2.87. The van der Waals surface area contributed by atoms with Gasteiger partial charge < -0.3 is 14.4 Å². The molecule has 1 saturated heterocycles. The number of hydrogen-bond donors (Lipinski definition) is 0. The van der Waals surface area contributed by atoms with Crippen molar-refractivity contribution in [2.75, 3.05) is 13.1 Å². The molecule has 1 amide bonds. The fourth-order valence-corrected chi connectivity index (χ4v) is 2.01. The summed E-state index contributed by atoms with van der Waals surface area (Å²) < 4.78 is 11.0. The molecule has 1 atom stereocenters. The van der Waals surface area contributed by atoms with Gasteiger partial charge in [-0.25, -0.2) is 9.78 Å². The van der Waals surface area contributed by atoms with Gasteiger partial charge >= 0.3 is 6.09 Å². The first kappa shape index (κ1) is 14.8. The number of halogens is 1. The van der Waals surface area contributed by atoms with E-state index in [1.54, 1.807) is 11.0 Å². The summed E-state index contributed by atoms with van der Waals surface area (Å²) in [5.41, 5.74) is -0.490. The molecule has 2 heterocycles. The molecule has 110 valence electrons. The molecule has 0 spiro atoms. The number of nitrogens with zero attached hydrogens (tertiary/aromatic N) is 3. The number of aromatic nitrogens is 2. The lowest BCUT2D eigenvalue weighted by molar-refractivity contribution is 0.0275. The second-order valence-electron chi connectivity index (χ2n) is 5.62. The van der Waals surface area contributed by atoms with Crippen molar-refractivity contribution in [3.8, 4) is 5.88 Å². The van der Waals surface area contributed by atoms with E-state index in [1.165, 1.54) is 6.20 Å². The van der Waals surface area contributed by atoms with Crippen LogP contribution in [-0.4, -0.2) is 45.8 Å². The first-order chi connectivity index (χ1) is 9.33. The van der Waals surface area contributed by atoms with E-state index in [9.17, 15) is 4.79 Å². The quantitative estimate of drug-likeness (QED) is 0.785. The molecule has 1 fully saturated rings. The Balaban J connectivity index is 1.88. The number of rotatable bonds is 2. The maximum Gasteiger partial charge on any atom is 0.410 e. The highest BCUT2D eigenvalue weighted by Gasteiger charge is 2.31. The molecule has 0 saturated carbocycles. The number of amides is 1. The van der Waals surface area contributed by atoms with Gasteiger partial charge in [-0.3, -0.25) is 0 Å². The van der Waals surface area contributed by atoms with Crippen molar-refractivity contribution in [1.82, 2.24) is 14.9 Å². The minimum atomic E-state index is -0.490. The van der Waals surface area contributed by atoms with Crippen LogP contribution < -0.4 is 4.74 Å². The van der Waals surface area contributed by atoms with Crippen LogP contribution in [0.5, 0.6) is 5.88 Å². The molecule has 1 aliphatic rings. The second kappa shape index (κ2) is 5.83. The lowest BCUT2D eigenvalue weighted by Crippen LogP contribution is -2.36. The Morgan fingerprint density at radius 3 is 2.90 bits per heavy atom. The van der Waals surface area contributed by atoms with Crippen LogP contribution in [0.25, 0.3) is 0 Å². The van der Waals surface area contributed by atoms with Crippen LogP contribution in [0.4, 0.5) is 4.79 Å². The lowest BCUT2D eigenvalue weighted by atomic mass is 10.2. The van der Waals surface area contributed by atoms with E-state index >= 15 is 0 Å². The molecular formula is C13H18ClN3O3. The highest BCUT2D eigenvalue weighted by atomic mass is 35.5. The zero-order chi connectivity index (χ0) is 14.8. The molecule has 6 nitrogen and oxygen atoms in total. The van der Waals surface area contributed by atoms with Crippen molar-refractivity contribution in [2.45, 2.75) is 38.9 Å². The van der Waals surface area contributed by atoms with E-state index < -0.39 is 5.60 Å². The highest BCUT2D eigenvalue weighted by molar-refractivity contribution is 6.28. The summed E-state index contributed by atoms with van der Waals surface area (Å²) in [6.45, 7) is 6.63. The van der Waals surface area contributed by atoms with Crippen LogP contribution in [0.1, 0.15) is 27.2 Å². The van der Waals surface area contributed by atoms with Crippen LogP contribution in [0, 0.1) is 0 Å². The van der Waals surface area contributed by atoms with Crippen molar-refractivity contribution < 1.29 is 14.3 Å². The molecule has 0 radical (unpaired) electrons. The van der Waals surface area contributed by atoms with Gasteiger partial charge in [-0.2, -0.15) is 4.98 Å². The van der Waals surface area contributed by atoms with Crippen molar-refractivity contribution in [1.29, 1.82) is 0 Å². The van der Waals surface area contributed by atoms with Gasteiger partial charge in [-0.1, -0.05) is 0 Å². The van der Waals surface area contributed by atoms with Crippen LogP contribution in [0.15, 0.2) is 12.3 Å². The summed E-state index contributed by atoms with van der Waals surface area (Å²) >= 11 is 5.70. The predicted molar refractivity (Wildman–Crippen MR) is 73.9 cm³/mol. The van der Waals surface area contributed by atoms with E-state index in [1.807, 2.05) is 20.8 Å². The molecule has 7 heteroatoms. The van der Waals surface area contributed by atoms with Gasteiger partial charge in [0.05, 0.1) is 6.54 Å². The third kappa shape index (κ3) is 4.23. The monoisotopic (exact) mass is 299 g/mol. The molecular weight excluding hydrogens is 282 g/mol. The first-order valence-electron chi connectivity index (χ1n) is 6.46. The van der Waals surface area contributed by atoms with Gasteiger partial charge in [-0.05, 0) is 32.4 Å². The summed E-state index contributed by atoms with van der Waals surface area (Å²) in [6, 6.07) is 1.64. The van der Waals surface area contributed by atoms with Gasteiger partial charge in [0.15, 0.2) is 0 Å². The van der Waals surface area contributed by atoms with Gasteiger partial charge in [-0.15, -0.1) is 0 Å². The number of likely N-dealkylation sites (tertiary alicyclic amines) is 1. The Kier molecular flexibility index (Phi) is 4.32. The Morgan fingerprint density at radius 2 is 2.25 bits per heavy atom. The van der Waals surface area contributed by atoms with E-state index in [2.05, 4.69) is 9.97 Å². The number of carbonyl (C=O) groups excluding carboxylic acids is 1. The highest BCUT2D eigenvalue weighted by Crippen LogP contribution is 2.19.